The van der Waals surface area contributed by atoms with Crippen molar-refractivity contribution in [2.45, 2.75) is 12.5 Å². The maximum Gasteiger partial charge on any atom is 0.269 e. The molecule has 1 unspecified atom stereocenters. The molecule has 4 rings (SSSR count). The third kappa shape index (κ3) is 3.73. The van der Waals surface area contributed by atoms with E-state index in [9.17, 15) is 14.9 Å². The van der Waals surface area contributed by atoms with Crippen molar-refractivity contribution >= 4 is 34.2 Å². The van der Waals surface area contributed by atoms with E-state index < -0.39 is 4.92 Å². The van der Waals surface area contributed by atoms with Crippen LogP contribution in [0.25, 0.3) is 0 Å². The van der Waals surface area contributed by atoms with Crippen molar-refractivity contribution in [3.05, 3.63) is 63.7 Å². The minimum Gasteiger partial charge on any atom is -0.493 e. The number of amides is 1. The highest BCUT2D eigenvalue weighted by molar-refractivity contribution is 8.14. The van der Waals surface area contributed by atoms with Crippen LogP contribution in [0.15, 0.2) is 52.6 Å². The lowest BCUT2D eigenvalue weighted by atomic mass is 9.98. The molecule has 0 fully saturated rings. The van der Waals surface area contributed by atoms with Crippen molar-refractivity contribution in [2.75, 3.05) is 20.0 Å². The number of rotatable bonds is 5. The number of nitro benzene ring substituents is 1. The highest BCUT2D eigenvalue weighted by Gasteiger charge is 2.35. The van der Waals surface area contributed by atoms with Gasteiger partial charge in [0.15, 0.2) is 16.7 Å². The summed E-state index contributed by atoms with van der Waals surface area (Å²) < 4.78 is 10.7. The third-order valence-electron chi connectivity index (χ3n) is 4.86. The molecule has 2 heterocycles. The van der Waals surface area contributed by atoms with E-state index in [4.69, 9.17) is 14.6 Å². The summed E-state index contributed by atoms with van der Waals surface area (Å²) in [6, 6.07) is 11.7. The van der Waals surface area contributed by atoms with Gasteiger partial charge in [0.2, 0.25) is 0 Å². The Morgan fingerprint density at radius 3 is 2.47 bits per heavy atom. The summed E-state index contributed by atoms with van der Waals surface area (Å²) in [4.78, 5) is 26.3. The summed E-state index contributed by atoms with van der Waals surface area (Å²) in [6.07, 6.45) is 0.543. The lowest BCUT2D eigenvalue weighted by molar-refractivity contribution is -0.384. The van der Waals surface area contributed by atoms with E-state index in [1.165, 1.54) is 23.9 Å². The molecule has 2 aromatic carbocycles. The van der Waals surface area contributed by atoms with Crippen molar-refractivity contribution in [3.8, 4) is 11.5 Å². The maximum atomic E-state index is 11.7. The number of benzene rings is 2. The summed E-state index contributed by atoms with van der Waals surface area (Å²) in [5.74, 6) is 1.30. The minimum absolute atomic E-state index is 0.0203. The normalized spacial score (nSPS) is 18.3. The van der Waals surface area contributed by atoms with Crippen LogP contribution in [0.5, 0.6) is 11.5 Å². The molecule has 9 nitrogen and oxygen atoms in total. The SMILES string of the molecule is COc1ccc(C2CC(c3ccc([N+](=O)[O-])cc3)=NN2C2=NC(=O)CS2)cc1OC. The highest BCUT2D eigenvalue weighted by atomic mass is 32.2. The monoisotopic (exact) mass is 426 g/mol. The number of nitro groups is 1. The molecule has 10 heteroatoms. The van der Waals surface area contributed by atoms with E-state index in [1.54, 1.807) is 31.4 Å². The fraction of sp³-hybridized carbons (Fsp3) is 0.250. The Hall–Kier alpha value is -3.40. The van der Waals surface area contributed by atoms with E-state index >= 15 is 0 Å². The molecule has 1 amide bonds. The van der Waals surface area contributed by atoms with Gasteiger partial charge in [0.05, 0.1) is 36.6 Å². The Bertz CT molecular complexity index is 1070. The van der Waals surface area contributed by atoms with Gasteiger partial charge in [-0.2, -0.15) is 10.1 Å². The Morgan fingerprint density at radius 2 is 1.87 bits per heavy atom. The fourth-order valence-corrected chi connectivity index (χ4v) is 4.16. The van der Waals surface area contributed by atoms with Gasteiger partial charge in [-0.1, -0.05) is 17.8 Å². The van der Waals surface area contributed by atoms with Crippen molar-refractivity contribution in [3.63, 3.8) is 0 Å². The Morgan fingerprint density at radius 1 is 1.13 bits per heavy atom. The Kier molecular flexibility index (Phi) is 5.40. The molecule has 30 heavy (non-hydrogen) atoms. The van der Waals surface area contributed by atoms with Crippen molar-refractivity contribution in [1.82, 2.24) is 5.01 Å². The third-order valence-corrected chi connectivity index (χ3v) is 5.78. The number of thioether (sulfide) groups is 1. The molecule has 2 aliphatic heterocycles. The van der Waals surface area contributed by atoms with Crippen molar-refractivity contribution in [1.29, 1.82) is 0 Å². The van der Waals surface area contributed by atoms with Crippen LogP contribution in [0.3, 0.4) is 0 Å². The average molecular weight is 426 g/mol. The van der Waals surface area contributed by atoms with Crippen molar-refractivity contribution in [2.24, 2.45) is 10.1 Å². The smallest absolute Gasteiger partial charge is 0.269 e. The van der Waals surface area contributed by atoms with Crippen LogP contribution < -0.4 is 9.47 Å². The minimum atomic E-state index is -0.436. The van der Waals surface area contributed by atoms with Crippen LogP contribution in [0, 0.1) is 10.1 Å². The average Bonchev–Trinajstić information content (AvgIpc) is 3.39. The topological polar surface area (TPSA) is 107 Å². The Labute approximate surface area is 176 Å². The number of hydrogen-bond acceptors (Lipinski definition) is 8. The molecule has 0 saturated carbocycles. The number of methoxy groups -OCH3 is 2. The number of nitrogens with zero attached hydrogens (tertiary/aromatic N) is 4. The van der Waals surface area contributed by atoms with Gasteiger partial charge in [-0.3, -0.25) is 14.9 Å². The largest absolute Gasteiger partial charge is 0.493 e. The summed E-state index contributed by atoms with van der Waals surface area (Å²) in [5, 5.41) is 17.9. The second-order valence-electron chi connectivity index (χ2n) is 6.61. The van der Waals surface area contributed by atoms with E-state index in [1.807, 2.05) is 18.2 Å². The molecule has 1 atom stereocenters. The summed E-state index contributed by atoms with van der Waals surface area (Å²) >= 11 is 1.34. The van der Waals surface area contributed by atoms with E-state index in [-0.39, 0.29) is 23.4 Å². The van der Waals surface area contributed by atoms with Crippen LogP contribution in [0.4, 0.5) is 5.69 Å². The second-order valence-corrected chi connectivity index (χ2v) is 7.55. The molecule has 0 aliphatic carbocycles. The van der Waals surface area contributed by atoms with Crippen LogP contribution in [-0.4, -0.2) is 46.7 Å². The molecule has 0 radical (unpaired) electrons. The molecule has 2 aromatic rings. The molecule has 0 bridgehead atoms. The Balaban J connectivity index is 1.71. The van der Waals surface area contributed by atoms with Crippen LogP contribution >= 0.6 is 11.8 Å². The fourth-order valence-electron chi connectivity index (χ4n) is 3.37. The number of hydrazone groups is 1. The summed E-state index contributed by atoms with van der Waals surface area (Å²) in [5.41, 5.74) is 2.48. The number of hydrogen-bond donors (Lipinski definition) is 0. The number of carbonyl (C=O) groups excluding carboxylic acids is 1. The molecular weight excluding hydrogens is 408 g/mol. The predicted molar refractivity (Wildman–Crippen MR) is 113 cm³/mol. The van der Waals surface area contributed by atoms with Gasteiger partial charge >= 0.3 is 0 Å². The number of aliphatic imine (C=N–C) groups is 1. The lowest BCUT2D eigenvalue weighted by Gasteiger charge is -2.23. The van der Waals surface area contributed by atoms with Gasteiger partial charge in [-0.05, 0) is 35.4 Å². The van der Waals surface area contributed by atoms with Crippen molar-refractivity contribution < 1.29 is 19.2 Å². The number of carbonyl (C=O) groups is 1. The van der Waals surface area contributed by atoms with Gasteiger partial charge < -0.3 is 9.47 Å². The zero-order valence-electron chi connectivity index (χ0n) is 16.3. The molecule has 0 saturated heterocycles. The van der Waals surface area contributed by atoms with E-state index in [0.717, 1.165) is 16.8 Å². The first-order valence-corrected chi connectivity index (χ1v) is 10.1. The first-order chi connectivity index (χ1) is 14.5. The van der Waals surface area contributed by atoms with Crippen LogP contribution in [0.2, 0.25) is 0 Å². The number of amidine groups is 1. The van der Waals surface area contributed by atoms with E-state index in [2.05, 4.69) is 4.99 Å². The first-order valence-electron chi connectivity index (χ1n) is 9.08. The lowest BCUT2D eigenvalue weighted by Crippen LogP contribution is -2.23. The highest BCUT2D eigenvalue weighted by Crippen LogP contribution is 2.39. The second kappa shape index (κ2) is 8.15. The molecule has 0 N–H and O–H groups in total. The zero-order valence-corrected chi connectivity index (χ0v) is 17.1. The van der Waals surface area contributed by atoms with Crippen LogP contribution in [-0.2, 0) is 4.79 Å². The maximum absolute atomic E-state index is 11.7. The first kappa shape index (κ1) is 19.9. The molecule has 0 aromatic heterocycles. The molecule has 2 aliphatic rings. The predicted octanol–water partition coefficient (Wildman–Crippen LogP) is 3.39. The van der Waals surface area contributed by atoms with Gasteiger partial charge in [0.25, 0.3) is 11.6 Å². The van der Waals surface area contributed by atoms with Gasteiger partial charge in [0.1, 0.15) is 0 Å². The molecule has 0 spiro atoms. The molecule has 154 valence electrons. The summed E-state index contributed by atoms with van der Waals surface area (Å²) in [7, 11) is 3.15. The quantitative estimate of drug-likeness (QED) is 0.533. The summed E-state index contributed by atoms with van der Waals surface area (Å²) in [6.45, 7) is 0. The van der Waals surface area contributed by atoms with Gasteiger partial charge in [-0.15, -0.1) is 0 Å². The van der Waals surface area contributed by atoms with Gasteiger partial charge in [-0.25, -0.2) is 5.01 Å². The zero-order chi connectivity index (χ0) is 21.3. The van der Waals surface area contributed by atoms with Crippen LogP contribution in [0.1, 0.15) is 23.6 Å². The van der Waals surface area contributed by atoms with Gasteiger partial charge in [0, 0.05) is 18.6 Å². The standard InChI is InChI=1S/C20H18N4O5S/c1-28-17-8-5-13(9-18(17)29-2)16-10-15(12-3-6-14(7-4-12)24(26)27)22-23(16)20-21-19(25)11-30-20/h3-9,16H,10-11H2,1-2H3. The van der Waals surface area contributed by atoms with E-state index in [0.29, 0.717) is 23.1 Å². The molecular formula is C20H18N4O5S. The number of non-ortho nitro benzene ring substituents is 1. The number of ether oxygens (including phenoxy) is 2.